The van der Waals surface area contributed by atoms with Crippen molar-refractivity contribution in [1.82, 2.24) is 0 Å². The molecule has 0 aromatic rings. The number of unbranched alkanes of at least 4 members (excludes halogenated alkanes) is 4. The van der Waals surface area contributed by atoms with Gasteiger partial charge in [-0.2, -0.15) is 0 Å². The lowest BCUT2D eigenvalue weighted by molar-refractivity contribution is -0.235. The fraction of sp³-hybridized carbons (Fsp3) is 1.00. The summed E-state index contributed by atoms with van der Waals surface area (Å²) < 4.78 is 25.7. The summed E-state index contributed by atoms with van der Waals surface area (Å²) in [6.45, 7) is 20.0. The zero-order valence-corrected chi connectivity index (χ0v) is 25.9. The van der Waals surface area contributed by atoms with Crippen molar-refractivity contribution in [3.63, 3.8) is 0 Å². The maximum absolute atomic E-state index is 11.9. The van der Waals surface area contributed by atoms with Crippen molar-refractivity contribution in [2.45, 2.75) is 142 Å². The lowest BCUT2D eigenvalue weighted by Crippen LogP contribution is -2.62. The van der Waals surface area contributed by atoms with Crippen LogP contribution in [-0.4, -0.2) is 75.7 Å². The molecule has 6 nitrogen and oxygen atoms in total. The van der Waals surface area contributed by atoms with Gasteiger partial charge in [0.2, 0.25) is 0 Å². The molecule has 0 aliphatic heterocycles. The van der Waals surface area contributed by atoms with E-state index < -0.39 is 14.4 Å². The minimum atomic E-state index is -2.49. The van der Waals surface area contributed by atoms with Crippen LogP contribution in [0.5, 0.6) is 0 Å². The first-order valence-corrected chi connectivity index (χ1v) is 17.8. The van der Waals surface area contributed by atoms with E-state index >= 15 is 0 Å². The van der Waals surface area contributed by atoms with Crippen LogP contribution in [0.2, 0.25) is 18.1 Å². The Bertz CT molecular complexity index is 552. The average Bonchev–Trinajstić information content (AvgIpc) is 2.81. The van der Waals surface area contributed by atoms with Gasteiger partial charge in [-0.15, -0.1) is 0 Å². The average molecular weight is 533 g/mol. The molecule has 0 amide bonds. The molecule has 0 aromatic heterocycles. The van der Waals surface area contributed by atoms with Crippen molar-refractivity contribution in [3.05, 3.63) is 0 Å². The molecule has 1 saturated carbocycles. The highest BCUT2D eigenvalue weighted by atomic mass is 28.4. The summed E-state index contributed by atoms with van der Waals surface area (Å²) in [4.78, 5) is 11.1. The van der Waals surface area contributed by atoms with E-state index in [0.29, 0.717) is 39.5 Å². The Labute approximate surface area is 223 Å². The molecule has 0 saturated heterocycles. The van der Waals surface area contributed by atoms with Gasteiger partial charge in [-0.25, -0.2) is 0 Å². The van der Waals surface area contributed by atoms with Crippen LogP contribution >= 0.6 is 0 Å². The second kappa shape index (κ2) is 17.5. The second-order valence-electron chi connectivity index (χ2n) is 12.0. The number of aliphatic hydroxyl groups excluding tert-OH is 1. The molecular formula is C29H60O6Si. The number of rotatable bonds is 20. The second-order valence-corrected chi connectivity index (χ2v) is 16.4. The zero-order valence-electron chi connectivity index (χ0n) is 24.9. The summed E-state index contributed by atoms with van der Waals surface area (Å²) >= 11 is 0. The molecule has 0 bridgehead atoms. The highest BCUT2D eigenvalue weighted by Crippen LogP contribution is 2.48. The topological polar surface area (TPSA) is 77.4 Å². The van der Waals surface area contributed by atoms with E-state index in [0.717, 1.165) is 51.4 Å². The molecule has 1 aliphatic rings. The molecule has 6 atom stereocenters. The third kappa shape index (κ3) is 10.6. The molecule has 0 radical (unpaired) electrons. The molecular weight excluding hydrogens is 472 g/mol. The Morgan fingerprint density at radius 2 is 1.08 bits per heavy atom. The van der Waals surface area contributed by atoms with Gasteiger partial charge in [0.1, 0.15) is 6.10 Å². The third-order valence-electron chi connectivity index (χ3n) is 8.15. The predicted molar refractivity (Wildman–Crippen MR) is 151 cm³/mol. The van der Waals surface area contributed by atoms with Gasteiger partial charge in [0.25, 0.3) is 0 Å². The number of ether oxygens (including phenoxy) is 4. The zero-order chi connectivity index (χ0) is 27.2. The normalized spacial score (nSPS) is 27.5. The van der Waals surface area contributed by atoms with Gasteiger partial charge in [-0.05, 0) is 50.2 Å². The summed E-state index contributed by atoms with van der Waals surface area (Å²) in [6, 6.07) is 0. The van der Waals surface area contributed by atoms with Crippen molar-refractivity contribution < 1.29 is 28.8 Å². The summed E-state index contributed by atoms with van der Waals surface area (Å²) in [5.74, 6) is -0.353. The van der Waals surface area contributed by atoms with Gasteiger partial charge in [0.05, 0.1) is 24.9 Å². The molecule has 216 valence electrons. The van der Waals surface area contributed by atoms with Gasteiger partial charge < -0.3 is 28.8 Å². The van der Waals surface area contributed by atoms with Crippen LogP contribution in [0.4, 0.5) is 0 Å². The van der Waals surface area contributed by atoms with Crippen molar-refractivity contribution in [2.75, 3.05) is 33.0 Å². The van der Waals surface area contributed by atoms with Crippen molar-refractivity contribution in [2.24, 2.45) is 11.8 Å². The Morgan fingerprint density at radius 3 is 1.53 bits per heavy atom. The Hall–Kier alpha value is -0.0231. The molecule has 0 aromatic carbocycles. The van der Waals surface area contributed by atoms with Gasteiger partial charge in [-0.3, -0.25) is 0 Å². The lowest BCUT2D eigenvalue weighted by atomic mass is 9.70. The van der Waals surface area contributed by atoms with E-state index in [-0.39, 0.29) is 35.2 Å². The van der Waals surface area contributed by atoms with Crippen LogP contribution in [-0.2, 0) is 18.9 Å². The lowest BCUT2D eigenvalue weighted by Gasteiger charge is -2.51. The van der Waals surface area contributed by atoms with E-state index in [1.54, 1.807) is 0 Å². The van der Waals surface area contributed by atoms with Crippen LogP contribution in [0.1, 0.15) is 99.3 Å². The van der Waals surface area contributed by atoms with E-state index in [4.69, 9.17) is 18.9 Å². The van der Waals surface area contributed by atoms with E-state index in [1.807, 2.05) is 13.1 Å². The maximum atomic E-state index is 11.9. The minimum absolute atomic E-state index is 0.159. The summed E-state index contributed by atoms with van der Waals surface area (Å²) in [5, 5.41) is 11.6. The first-order chi connectivity index (χ1) is 17.1. The van der Waals surface area contributed by atoms with Crippen LogP contribution in [0.15, 0.2) is 0 Å². The van der Waals surface area contributed by atoms with Gasteiger partial charge in [-0.1, -0.05) is 67.2 Å². The first kappa shape index (κ1) is 34.0. The van der Waals surface area contributed by atoms with Crippen LogP contribution in [0.25, 0.3) is 0 Å². The van der Waals surface area contributed by atoms with Crippen LogP contribution < -0.4 is 0 Å². The quantitative estimate of drug-likeness (QED) is 0.141. The molecule has 0 unspecified atom stereocenters. The van der Waals surface area contributed by atoms with Gasteiger partial charge in [0, 0.05) is 38.3 Å². The fourth-order valence-corrected chi connectivity index (χ4v) is 5.57. The molecule has 1 fully saturated rings. The number of aliphatic hydroxyl groups is 1. The fourth-order valence-electron chi connectivity index (χ4n) is 4.83. The number of hydrogen-bond donors (Lipinski definition) is 2. The Balaban J connectivity index is 3.39. The number of hydrogen-bond acceptors (Lipinski definition) is 6. The van der Waals surface area contributed by atoms with E-state index in [9.17, 15) is 9.90 Å². The van der Waals surface area contributed by atoms with Crippen LogP contribution in [0.3, 0.4) is 0 Å². The minimum Gasteiger partial charge on any atom is -0.432 e. The van der Waals surface area contributed by atoms with Crippen LogP contribution in [0, 0.1) is 11.8 Å². The van der Waals surface area contributed by atoms with Crippen molar-refractivity contribution >= 4 is 8.32 Å². The molecule has 36 heavy (non-hydrogen) atoms. The standard InChI is InChI=1S/C29H60O6Si/c1-9-13-17-32-22-24-25(30)23(21-29(5,6)36(7,8)31)26(33-18-14-10-2)28(35-20-16-12-4)27(24)34-19-15-11-3/h23-28,30-31H,9-22H2,1-8H3/t23-,24+,25-,26+,27-,28-/m1/s1. The summed E-state index contributed by atoms with van der Waals surface area (Å²) in [7, 11) is -2.49. The smallest absolute Gasteiger partial charge is 0.188 e. The Morgan fingerprint density at radius 1 is 0.667 bits per heavy atom. The van der Waals surface area contributed by atoms with E-state index in [1.165, 1.54) is 0 Å². The first-order valence-electron chi connectivity index (χ1n) is 14.9. The Kier molecular flexibility index (Phi) is 16.6. The largest absolute Gasteiger partial charge is 0.432 e. The molecule has 1 aliphatic carbocycles. The SMILES string of the molecule is CCCCOC[C@H]1[C@H](O)[C@@H](CC(C)(C)[Si](C)(C)O)[C@H](OCCCC)[C@@H](OCCCC)[C@@H]1OCCCC. The monoisotopic (exact) mass is 532 g/mol. The van der Waals surface area contributed by atoms with Crippen molar-refractivity contribution in [3.8, 4) is 0 Å². The van der Waals surface area contributed by atoms with Gasteiger partial charge in [0.15, 0.2) is 8.32 Å². The van der Waals surface area contributed by atoms with E-state index in [2.05, 4.69) is 41.5 Å². The summed E-state index contributed by atoms with van der Waals surface area (Å²) in [5.41, 5.74) is 0. The molecule has 0 heterocycles. The molecule has 2 N–H and O–H groups in total. The summed E-state index contributed by atoms with van der Waals surface area (Å²) in [6.07, 6.45) is 7.37. The predicted octanol–water partition coefficient (Wildman–Crippen LogP) is 6.33. The molecule has 0 spiro atoms. The maximum Gasteiger partial charge on any atom is 0.188 e. The third-order valence-corrected chi connectivity index (χ3v) is 11.7. The van der Waals surface area contributed by atoms with Crippen molar-refractivity contribution in [1.29, 1.82) is 0 Å². The highest BCUT2D eigenvalue weighted by Gasteiger charge is 2.54. The van der Waals surface area contributed by atoms with Gasteiger partial charge >= 0.3 is 0 Å². The highest BCUT2D eigenvalue weighted by molar-refractivity contribution is 6.72. The molecule has 1 rings (SSSR count). The molecule has 7 heteroatoms.